The van der Waals surface area contributed by atoms with Gasteiger partial charge in [-0.3, -0.25) is 4.79 Å². The average Bonchev–Trinajstić information content (AvgIpc) is 2.04. The van der Waals surface area contributed by atoms with Gasteiger partial charge in [0.25, 0.3) is 0 Å². The zero-order valence-corrected chi connectivity index (χ0v) is 7.22. The van der Waals surface area contributed by atoms with E-state index in [1.807, 2.05) is 6.92 Å². The van der Waals surface area contributed by atoms with Crippen LogP contribution in [0.5, 0.6) is 0 Å². The zero-order chi connectivity index (χ0) is 8.69. The fourth-order valence-corrected chi connectivity index (χ4v) is 0.533. The summed E-state index contributed by atoms with van der Waals surface area (Å²) in [5, 5.41) is 2.89. The van der Waals surface area contributed by atoms with Crippen molar-refractivity contribution in [3.63, 3.8) is 0 Å². The van der Waals surface area contributed by atoms with Crippen molar-refractivity contribution in [2.24, 2.45) is 0 Å². The van der Waals surface area contributed by atoms with Gasteiger partial charge in [-0.25, -0.2) is 0 Å². The Balaban J connectivity index is 3.20. The third-order valence-electron chi connectivity index (χ3n) is 1.33. The molecule has 0 aliphatic carbocycles. The van der Waals surface area contributed by atoms with Crippen LogP contribution in [0.3, 0.4) is 0 Å². The lowest BCUT2D eigenvalue weighted by Crippen LogP contribution is -2.31. The zero-order valence-electron chi connectivity index (χ0n) is 7.22. The molecule has 0 amide bonds. The molecule has 0 saturated heterocycles. The maximum Gasteiger partial charge on any atom is 0.319 e. The van der Waals surface area contributed by atoms with Gasteiger partial charge < -0.3 is 14.8 Å². The molecule has 4 heteroatoms. The SMILES string of the molecule is COC(=O)CNCC(C)OC. The second-order valence-electron chi connectivity index (χ2n) is 2.25. The number of methoxy groups -OCH3 is 2. The second kappa shape index (κ2) is 6.12. The lowest BCUT2D eigenvalue weighted by molar-refractivity contribution is -0.139. The van der Waals surface area contributed by atoms with E-state index in [9.17, 15) is 4.79 Å². The number of carbonyl (C=O) groups excluding carboxylic acids is 1. The molecule has 66 valence electrons. The molecule has 1 unspecified atom stereocenters. The Morgan fingerprint density at radius 3 is 2.64 bits per heavy atom. The summed E-state index contributed by atoms with van der Waals surface area (Å²) >= 11 is 0. The summed E-state index contributed by atoms with van der Waals surface area (Å²) in [5.74, 6) is -0.256. The van der Waals surface area contributed by atoms with E-state index in [1.54, 1.807) is 7.11 Å². The lowest BCUT2D eigenvalue weighted by Gasteiger charge is -2.09. The second-order valence-corrected chi connectivity index (χ2v) is 2.25. The maximum atomic E-state index is 10.6. The molecule has 0 radical (unpaired) electrons. The maximum absolute atomic E-state index is 10.6. The third-order valence-corrected chi connectivity index (χ3v) is 1.33. The largest absolute Gasteiger partial charge is 0.468 e. The summed E-state index contributed by atoms with van der Waals surface area (Å²) in [6.45, 7) is 2.82. The van der Waals surface area contributed by atoms with E-state index in [0.717, 1.165) is 0 Å². The molecule has 0 aliphatic rings. The summed E-state index contributed by atoms with van der Waals surface area (Å²) in [5.41, 5.74) is 0. The fraction of sp³-hybridized carbons (Fsp3) is 0.857. The molecule has 0 aliphatic heterocycles. The minimum atomic E-state index is -0.256. The van der Waals surface area contributed by atoms with Gasteiger partial charge in [0.15, 0.2) is 0 Å². The molecule has 0 saturated carbocycles. The smallest absolute Gasteiger partial charge is 0.319 e. The van der Waals surface area contributed by atoms with E-state index in [4.69, 9.17) is 4.74 Å². The van der Waals surface area contributed by atoms with Crippen LogP contribution in [-0.4, -0.2) is 39.4 Å². The van der Waals surface area contributed by atoms with Crippen molar-refractivity contribution >= 4 is 5.97 Å². The van der Waals surface area contributed by atoms with Crippen molar-refractivity contribution in [1.82, 2.24) is 5.32 Å². The molecule has 0 aromatic carbocycles. The first-order valence-corrected chi connectivity index (χ1v) is 3.51. The number of carbonyl (C=O) groups is 1. The fourth-order valence-electron chi connectivity index (χ4n) is 0.533. The molecule has 11 heavy (non-hydrogen) atoms. The molecule has 0 aromatic heterocycles. The van der Waals surface area contributed by atoms with Crippen molar-refractivity contribution in [3.05, 3.63) is 0 Å². The minimum Gasteiger partial charge on any atom is -0.468 e. The molecule has 0 aromatic rings. The van der Waals surface area contributed by atoms with E-state index in [1.165, 1.54) is 7.11 Å². The molecule has 1 atom stereocenters. The normalized spacial score (nSPS) is 12.6. The van der Waals surface area contributed by atoms with Gasteiger partial charge in [-0.05, 0) is 6.92 Å². The predicted molar refractivity (Wildman–Crippen MR) is 41.4 cm³/mol. The first-order valence-electron chi connectivity index (χ1n) is 3.51. The van der Waals surface area contributed by atoms with Crippen LogP contribution in [0.1, 0.15) is 6.92 Å². The van der Waals surface area contributed by atoms with E-state index < -0.39 is 0 Å². The van der Waals surface area contributed by atoms with Crippen LogP contribution in [0, 0.1) is 0 Å². The summed E-state index contributed by atoms with van der Waals surface area (Å²) in [7, 11) is 2.99. The third kappa shape index (κ3) is 5.82. The Kier molecular flexibility index (Phi) is 5.78. The van der Waals surface area contributed by atoms with Crippen LogP contribution >= 0.6 is 0 Å². The van der Waals surface area contributed by atoms with E-state index >= 15 is 0 Å². The van der Waals surface area contributed by atoms with Crippen LogP contribution in [-0.2, 0) is 14.3 Å². The molecular formula is C7H15NO3. The van der Waals surface area contributed by atoms with Crippen LogP contribution < -0.4 is 5.32 Å². The highest BCUT2D eigenvalue weighted by Gasteiger charge is 2.01. The molecular weight excluding hydrogens is 146 g/mol. The van der Waals surface area contributed by atoms with Crippen LogP contribution in [0.2, 0.25) is 0 Å². The summed E-state index contributed by atoms with van der Waals surface area (Å²) in [6, 6.07) is 0. The van der Waals surface area contributed by atoms with Crippen LogP contribution in [0.4, 0.5) is 0 Å². The van der Waals surface area contributed by atoms with Crippen molar-refractivity contribution in [2.75, 3.05) is 27.3 Å². The Morgan fingerprint density at radius 2 is 2.18 bits per heavy atom. The van der Waals surface area contributed by atoms with Crippen LogP contribution in [0.15, 0.2) is 0 Å². The molecule has 0 heterocycles. The Labute approximate surface area is 66.9 Å². The van der Waals surface area contributed by atoms with Crippen molar-refractivity contribution < 1.29 is 14.3 Å². The first kappa shape index (κ1) is 10.4. The highest BCUT2D eigenvalue weighted by Crippen LogP contribution is 1.82. The highest BCUT2D eigenvalue weighted by atomic mass is 16.5. The number of esters is 1. The van der Waals surface area contributed by atoms with Crippen molar-refractivity contribution in [3.8, 4) is 0 Å². The quantitative estimate of drug-likeness (QED) is 0.566. The first-order chi connectivity index (χ1) is 5.20. The number of hydrogen-bond acceptors (Lipinski definition) is 4. The number of rotatable bonds is 5. The van der Waals surface area contributed by atoms with Gasteiger partial charge in [0.1, 0.15) is 0 Å². The number of ether oxygens (including phenoxy) is 2. The molecule has 0 fully saturated rings. The minimum absolute atomic E-state index is 0.125. The lowest BCUT2D eigenvalue weighted by atomic mass is 10.4. The molecule has 0 rings (SSSR count). The van der Waals surface area contributed by atoms with E-state index in [0.29, 0.717) is 6.54 Å². The van der Waals surface area contributed by atoms with E-state index in [-0.39, 0.29) is 18.6 Å². The predicted octanol–water partition coefficient (Wildman–Crippen LogP) is -0.216. The van der Waals surface area contributed by atoms with Gasteiger partial charge in [0, 0.05) is 13.7 Å². The van der Waals surface area contributed by atoms with Gasteiger partial charge in [-0.1, -0.05) is 0 Å². The Hall–Kier alpha value is -0.610. The highest BCUT2D eigenvalue weighted by molar-refractivity contribution is 5.71. The van der Waals surface area contributed by atoms with Crippen LogP contribution in [0.25, 0.3) is 0 Å². The monoisotopic (exact) mass is 161 g/mol. The molecule has 1 N–H and O–H groups in total. The number of hydrogen-bond donors (Lipinski definition) is 1. The molecule has 0 bridgehead atoms. The summed E-state index contributed by atoms with van der Waals surface area (Å²) in [6.07, 6.45) is 0.125. The van der Waals surface area contributed by atoms with E-state index in [2.05, 4.69) is 10.1 Å². The summed E-state index contributed by atoms with van der Waals surface area (Å²) in [4.78, 5) is 10.6. The van der Waals surface area contributed by atoms with Crippen molar-refractivity contribution in [1.29, 1.82) is 0 Å². The molecule has 4 nitrogen and oxygen atoms in total. The van der Waals surface area contributed by atoms with Gasteiger partial charge in [0.05, 0.1) is 19.8 Å². The number of nitrogens with one attached hydrogen (secondary N) is 1. The van der Waals surface area contributed by atoms with Gasteiger partial charge in [-0.2, -0.15) is 0 Å². The van der Waals surface area contributed by atoms with Gasteiger partial charge >= 0.3 is 5.97 Å². The van der Waals surface area contributed by atoms with Gasteiger partial charge in [0.2, 0.25) is 0 Å². The van der Waals surface area contributed by atoms with Crippen molar-refractivity contribution in [2.45, 2.75) is 13.0 Å². The summed E-state index contributed by atoms with van der Waals surface area (Å²) < 4.78 is 9.37. The molecule has 0 spiro atoms. The topological polar surface area (TPSA) is 47.6 Å². The average molecular weight is 161 g/mol. The Morgan fingerprint density at radius 1 is 1.55 bits per heavy atom. The van der Waals surface area contributed by atoms with Gasteiger partial charge in [-0.15, -0.1) is 0 Å². The standard InChI is InChI=1S/C7H15NO3/c1-6(10-2)4-8-5-7(9)11-3/h6,8H,4-5H2,1-3H3. The Bertz CT molecular complexity index is 116.